The Labute approximate surface area is 166 Å². The van der Waals surface area contributed by atoms with Crippen LogP contribution in [0, 0.1) is 0 Å². The Kier molecular flexibility index (Phi) is 7.20. The molecule has 2 rings (SSSR count). The van der Waals surface area contributed by atoms with E-state index in [0.29, 0.717) is 19.4 Å². The van der Waals surface area contributed by atoms with Gasteiger partial charge in [0, 0.05) is 6.54 Å². The van der Waals surface area contributed by atoms with Gasteiger partial charge in [-0.25, -0.2) is 14.6 Å². The van der Waals surface area contributed by atoms with E-state index in [-0.39, 0.29) is 18.9 Å². The molecule has 1 fully saturated rings. The first-order chi connectivity index (χ1) is 13.2. The number of likely N-dealkylation sites (tertiary alicyclic amines) is 1. The summed E-state index contributed by atoms with van der Waals surface area (Å²) in [5.41, 5.74) is 2.85. The molecule has 28 heavy (non-hydrogen) atoms. The smallest absolute Gasteiger partial charge is 0.339 e. The highest BCUT2D eigenvalue weighted by Crippen LogP contribution is 2.22. The fourth-order valence-corrected chi connectivity index (χ4v) is 3.04. The van der Waals surface area contributed by atoms with E-state index in [1.54, 1.807) is 20.8 Å². The fraction of sp³-hybridized carbons (Fsp3) is 0.476. The summed E-state index contributed by atoms with van der Waals surface area (Å²) >= 11 is 0. The summed E-state index contributed by atoms with van der Waals surface area (Å²) in [5, 5.41) is 1.20. The molecular formula is C21H29N3O4. The van der Waals surface area contributed by atoms with E-state index in [1.165, 1.54) is 16.0 Å². The molecule has 1 heterocycles. The second-order valence-corrected chi connectivity index (χ2v) is 7.76. The molecule has 1 N–H and O–H groups in total. The average molecular weight is 387 g/mol. The maximum Gasteiger partial charge on any atom is 0.339 e. The van der Waals surface area contributed by atoms with Crippen LogP contribution in [-0.2, 0) is 20.7 Å². The molecular weight excluding hydrogens is 358 g/mol. The number of carbonyl (C=O) groups excluding carboxylic acids is 3. The number of ether oxygens (including phenoxy) is 1. The number of carbonyl (C=O) groups is 3. The topological polar surface area (TPSA) is 79.0 Å². The molecule has 0 saturated carbocycles. The number of hydrogen-bond donors (Lipinski definition) is 1. The van der Waals surface area contributed by atoms with E-state index >= 15 is 0 Å². The number of esters is 1. The molecule has 0 radical (unpaired) electrons. The van der Waals surface area contributed by atoms with E-state index in [4.69, 9.17) is 4.74 Å². The van der Waals surface area contributed by atoms with Gasteiger partial charge in [-0.1, -0.05) is 36.4 Å². The van der Waals surface area contributed by atoms with Crippen molar-refractivity contribution in [3.63, 3.8) is 0 Å². The van der Waals surface area contributed by atoms with Gasteiger partial charge in [0.1, 0.15) is 11.6 Å². The Morgan fingerprint density at radius 2 is 1.96 bits per heavy atom. The highest BCUT2D eigenvalue weighted by molar-refractivity contribution is 5.87. The van der Waals surface area contributed by atoms with Gasteiger partial charge < -0.3 is 9.64 Å². The molecule has 152 valence electrons. The van der Waals surface area contributed by atoms with E-state index < -0.39 is 23.6 Å². The number of nitrogens with one attached hydrogen (secondary N) is 1. The molecule has 1 saturated heterocycles. The van der Waals surface area contributed by atoms with Crippen molar-refractivity contribution in [2.75, 3.05) is 13.1 Å². The molecule has 0 unspecified atom stereocenters. The molecule has 1 aliphatic heterocycles. The van der Waals surface area contributed by atoms with Gasteiger partial charge in [-0.05, 0) is 39.2 Å². The second kappa shape index (κ2) is 9.39. The number of hydrogen-bond acceptors (Lipinski definition) is 4. The van der Waals surface area contributed by atoms with Gasteiger partial charge in [-0.2, -0.15) is 0 Å². The van der Waals surface area contributed by atoms with Gasteiger partial charge in [-0.15, -0.1) is 6.58 Å². The third-order valence-corrected chi connectivity index (χ3v) is 4.19. The summed E-state index contributed by atoms with van der Waals surface area (Å²) in [7, 11) is 0. The molecule has 3 amide bonds. The minimum absolute atomic E-state index is 0.136. The van der Waals surface area contributed by atoms with E-state index in [2.05, 4.69) is 12.0 Å². The van der Waals surface area contributed by atoms with Crippen LogP contribution >= 0.6 is 0 Å². The third-order valence-electron chi connectivity index (χ3n) is 4.19. The van der Waals surface area contributed by atoms with Crippen LogP contribution in [0.15, 0.2) is 43.0 Å². The SMILES string of the molecule is C=CCN(NC(=O)Cc1ccccc1)C(=O)N1CCC[C@H]1C(=O)OC(C)(C)C. The van der Waals surface area contributed by atoms with Crippen molar-refractivity contribution >= 4 is 17.9 Å². The van der Waals surface area contributed by atoms with Gasteiger partial charge in [0.05, 0.1) is 13.0 Å². The first kappa shape index (κ1) is 21.5. The third kappa shape index (κ3) is 6.11. The number of urea groups is 1. The number of rotatable bonds is 5. The molecule has 0 bridgehead atoms. The van der Waals surface area contributed by atoms with Crippen LogP contribution in [0.4, 0.5) is 4.79 Å². The van der Waals surface area contributed by atoms with Crippen LogP contribution in [-0.4, -0.2) is 52.5 Å². The Morgan fingerprint density at radius 3 is 2.57 bits per heavy atom. The summed E-state index contributed by atoms with van der Waals surface area (Å²) < 4.78 is 5.44. The van der Waals surface area contributed by atoms with E-state index in [1.807, 2.05) is 30.3 Å². The van der Waals surface area contributed by atoms with Crippen molar-refractivity contribution in [2.45, 2.75) is 51.7 Å². The Morgan fingerprint density at radius 1 is 1.29 bits per heavy atom. The normalized spacial score (nSPS) is 16.4. The lowest BCUT2D eigenvalue weighted by molar-refractivity contribution is -0.159. The molecule has 1 aromatic carbocycles. The lowest BCUT2D eigenvalue weighted by Gasteiger charge is -2.31. The van der Waals surface area contributed by atoms with Gasteiger partial charge >= 0.3 is 12.0 Å². The number of hydrazine groups is 1. The summed E-state index contributed by atoms with van der Waals surface area (Å²) in [6, 6.07) is 8.19. The van der Waals surface area contributed by atoms with Crippen molar-refractivity contribution < 1.29 is 19.1 Å². The minimum Gasteiger partial charge on any atom is -0.458 e. The largest absolute Gasteiger partial charge is 0.458 e. The van der Waals surface area contributed by atoms with Crippen LogP contribution in [0.25, 0.3) is 0 Å². The Bertz CT molecular complexity index is 712. The lowest BCUT2D eigenvalue weighted by atomic mass is 10.1. The van der Waals surface area contributed by atoms with Crippen molar-refractivity contribution in [3.05, 3.63) is 48.6 Å². The second-order valence-electron chi connectivity index (χ2n) is 7.76. The Hall–Kier alpha value is -2.83. The van der Waals surface area contributed by atoms with Gasteiger partial charge in [0.2, 0.25) is 5.91 Å². The van der Waals surface area contributed by atoms with Gasteiger partial charge in [0.25, 0.3) is 0 Å². The van der Waals surface area contributed by atoms with Crippen molar-refractivity contribution in [2.24, 2.45) is 0 Å². The van der Waals surface area contributed by atoms with Gasteiger partial charge in [-0.3, -0.25) is 10.2 Å². The summed E-state index contributed by atoms with van der Waals surface area (Å²) in [6.45, 7) is 9.59. The van der Waals surface area contributed by atoms with Crippen LogP contribution in [0.1, 0.15) is 39.2 Å². The molecule has 7 nitrogen and oxygen atoms in total. The summed E-state index contributed by atoms with van der Waals surface area (Å²) in [6.07, 6.45) is 2.92. The maximum absolute atomic E-state index is 13.0. The standard InChI is InChI=1S/C21H29N3O4/c1-5-13-24(22-18(25)15-16-10-7-6-8-11-16)20(27)23-14-9-12-17(23)19(26)28-21(2,3)4/h5-8,10-11,17H,1,9,12-15H2,2-4H3,(H,22,25)/t17-/m0/s1. The molecule has 1 aromatic rings. The van der Waals surface area contributed by atoms with E-state index in [9.17, 15) is 14.4 Å². The van der Waals surface area contributed by atoms with Gasteiger partial charge in [0.15, 0.2) is 0 Å². The molecule has 7 heteroatoms. The highest BCUT2D eigenvalue weighted by Gasteiger charge is 2.38. The minimum atomic E-state index is -0.648. The molecule has 0 spiro atoms. The number of nitrogens with zero attached hydrogens (tertiary/aromatic N) is 2. The van der Waals surface area contributed by atoms with Crippen molar-refractivity contribution in [3.8, 4) is 0 Å². The first-order valence-electron chi connectivity index (χ1n) is 9.46. The number of amides is 3. The lowest BCUT2D eigenvalue weighted by Crippen LogP contribution is -2.55. The van der Waals surface area contributed by atoms with Crippen molar-refractivity contribution in [1.29, 1.82) is 0 Å². The number of benzene rings is 1. The zero-order chi connectivity index (χ0) is 20.7. The van der Waals surface area contributed by atoms with Crippen LogP contribution in [0.5, 0.6) is 0 Å². The zero-order valence-corrected chi connectivity index (χ0v) is 16.8. The average Bonchev–Trinajstić information content (AvgIpc) is 3.10. The molecule has 1 atom stereocenters. The first-order valence-corrected chi connectivity index (χ1v) is 9.46. The summed E-state index contributed by atoms with van der Waals surface area (Å²) in [5.74, 6) is -0.734. The Balaban J connectivity index is 2.05. The zero-order valence-electron chi connectivity index (χ0n) is 16.8. The molecule has 1 aliphatic rings. The maximum atomic E-state index is 13.0. The van der Waals surface area contributed by atoms with E-state index in [0.717, 1.165) is 5.56 Å². The van der Waals surface area contributed by atoms with Crippen molar-refractivity contribution in [1.82, 2.24) is 15.3 Å². The summed E-state index contributed by atoms with van der Waals surface area (Å²) in [4.78, 5) is 39.3. The van der Waals surface area contributed by atoms with Crippen LogP contribution in [0.2, 0.25) is 0 Å². The fourth-order valence-electron chi connectivity index (χ4n) is 3.04. The monoisotopic (exact) mass is 387 g/mol. The quantitative estimate of drug-likeness (QED) is 0.479. The van der Waals surface area contributed by atoms with Crippen LogP contribution < -0.4 is 5.43 Å². The highest BCUT2D eigenvalue weighted by atomic mass is 16.6. The molecule has 0 aromatic heterocycles. The predicted octanol–water partition coefficient (Wildman–Crippen LogP) is 2.67. The molecule has 0 aliphatic carbocycles. The predicted molar refractivity (Wildman–Crippen MR) is 106 cm³/mol. The van der Waals surface area contributed by atoms with Crippen LogP contribution in [0.3, 0.4) is 0 Å².